The molecule has 1 fully saturated rings. The fourth-order valence-corrected chi connectivity index (χ4v) is 5.11. The molecule has 180 valence electrons. The van der Waals surface area contributed by atoms with E-state index in [1.807, 2.05) is 0 Å². The molecule has 0 unspecified atom stereocenters. The predicted molar refractivity (Wildman–Crippen MR) is 116 cm³/mol. The van der Waals surface area contributed by atoms with Gasteiger partial charge in [-0.2, -0.15) is 13.2 Å². The molecule has 1 amide bonds. The zero-order chi connectivity index (χ0) is 24.6. The lowest BCUT2D eigenvalue weighted by atomic mass is 10.0. The summed E-state index contributed by atoms with van der Waals surface area (Å²) in [5.74, 6) is -1.56. The fraction of sp³-hybridized carbons (Fsp3) is 0.304. The summed E-state index contributed by atoms with van der Waals surface area (Å²) in [7, 11) is 0. The molecule has 0 saturated carbocycles. The Kier molecular flexibility index (Phi) is 4.56. The number of nitrogen functional groups attached to an aromatic ring is 1. The van der Waals surface area contributed by atoms with Gasteiger partial charge in [0, 0.05) is 13.0 Å². The van der Waals surface area contributed by atoms with E-state index in [1.54, 1.807) is 29.9 Å². The molecule has 1 saturated heterocycles. The van der Waals surface area contributed by atoms with E-state index in [0.717, 1.165) is 12.1 Å². The highest BCUT2D eigenvalue weighted by Gasteiger charge is 2.46. The molecule has 1 aromatic carbocycles. The van der Waals surface area contributed by atoms with E-state index in [2.05, 4.69) is 15.0 Å². The van der Waals surface area contributed by atoms with Gasteiger partial charge in [-0.25, -0.2) is 19.3 Å². The Balaban J connectivity index is 1.43. The first-order valence-electron chi connectivity index (χ1n) is 10.8. The molecule has 2 N–H and O–H groups in total. The lowest BCUT2D eigenvalue weighted by molar-refractivity contribution is -0.140. The molecular formula is C23H18F4N6O2. The van der Waals surface area contributed by atoms with Crippen LogP contribution in [0.2, 0.25) is 0 Å². The standard InChI is InChI=1S/C23H18F4N6O2/c1-10-8-32(20-12-4-14(24)13(23(25,26)27)2-11(12)3-19(20)35-10)22(34)15-5-17-16(6-30-15)31-21(28)18-7-29-9-33(17)18/h2,4-7,9-10,19-20H,3,8H2,1H3,(H2,28,31)/t10-,19+,20-/m0/s1. The summed E-state index contributed by atoms with van der Waals surface area (Å²) in [6.45, 7) is 1.94. The monoisotopic (exact) mass is 486 g/mol. The molecule has 0 radical (unpaired) electrons. The Hall–Kier alpha value is -3.80. The number of carbonyl (C=O) groups is 1. The number of halogens is 4. The molecular weight excluding hydrogens is 468 g/mol. The summed E-state index contributed by atoms with van der Waals surface area (Å²) in [5, 5.41) is 0. The number of fused-ring (bicyclic) bond motifs is 6. The third-order valence-electron chi connectivity index (χ3n) is 6.57. The predicted octanol–water partition coefficient (Wildman–Crippen LogP) is 3.54. The van der Waals surface area contributed by atoms with Gasteiger partial charge in [0.25, 0.3) is 5.91 Å². The van der Waals surface area contributed by atoms with Crippen molar-refractivity contribution in [1.82, 2.24) is 24.3 Å². The molecule has 0 bridgehead atoms. The van der Waals surface area contributed by atoms with Crippen molar-refractivity contribution in [2.24, 2.45) is 0 Å². The SMILES string of the molecule is C[C@H]1CN(C(=O)c2cc3c(cn2)nc(N)c2cncn23)[C@H]2c3cc(F)c(C(F)(F)F)cc3C[C@H]2O1. The first-order valence-corrected chi connectivity index (χ1v) is 10.8. The minimum atomic E-state index is -4.82. The molecule has 2 aliphatic rings. The van der Waals surface area contributed by atoms with Crippen LogP contribution in [0.1, 0.15) is 40.1 Å². The first kappa shape index (κ1) is 21.7. The van der Waals surface area contributed by atoms with Crippen LogP contribution < -0.4 is 5.73 Å². The van der Waals surface area contributed by atoms with Crippen molar-refractivity contribution in [3.8, 4) is 0 Å². The molecule has 4 aromatic rings. The number of carbonyl (C=O) groups excluding carboxylic acids is 1. The molecule has 6 rings (SSSR count). The van der Waals surface area contributed by atoms with Crippen LogP contribution in [0, 0.1) is 5.82 Å². The number of alkyl halides is 3. The summed E-state index contributed by atoms with van der Waals surface area (Å²) in [6, 6.07) is 2.52. The third kappa shape index (κ3) is 3.31. The second kappa shape index (κ2) is 7.35. The van der Waals surface area contributed by atoms with Crippen LogP contribution in [0.3, 0.4) is 0 Å². The largest absolute Gasteiger partial charge is 0.419 e. The maximum absolute atomic E-state index is 14.4. The minimum absolute atomic E-state index is 0.104. The van der Waals surface area contributed by atoms with Crippen LogP contribution in [0.25, 0.3) is 16.6 Å². The summed E-state index contributed by atoms with van der Waals surface area (Å²) in [5.41, 5.74) is 6.96. The Bertz CT molecular complexity index is 1520. The molecule has 0 spiro atoms. The van der Waals surface area contributed by atoms with Crippen LogP contribution in [-0.4, -0.2) is 48.9 Å². The van der Waals surface area contributed by atoms with Crippen molar-refractivity contribution in [1.29, 1.82) is 0 Å². The van der Waals surface area contributed by atoms with E-state index in [0.29, 0.717) is 27.7 Å². The molecule has 1 aliphatic carbocycles. The number of rotatable bonds is 1. The van der Waals surface area contributed by atoms with Gasteiger partial charge < -0.3 is 15.4 Å². The molecule has 8 nitrogen and oxygen atoms in total. The van der Waals surface area contributed by atoms with Crippen LogP contribution in [0.5, 0.6) is 0 Å². The Morgan fingerprint density at radius 3 is 2.77 bits per heavy atom. The minimum Gasteiger partial charge on any atom is -0.382 e. The van der Waals surface area contributed by atoms with Gasteiger partial charge in [-0.15, -0.1) is 0 Å². The van der Waals surface area contributed by atoms with E-state index in [-0.39, 0.29) is 30.6 Å². The van der Waals surface area contributed by atoms with Crippen molar-refractivity contribution >= 4 is 28.3 Å². The highest BCUT2D eigenvalue weighted by molar-refractivity contribution is 5.96. The van der Waals surface area contributed by atoms with E-state index in [4.69, 9.17) is 10.5 Å². The average Bonchev–Trinajstić information content (AvgIpc) is 3.42. The quantitative estimate of drug-likeness (QED) is 0.414. The van der Waals surface area contributed by atoms with Crippen molar-refractivity contribution in [2.75, 3.05) is 12.3 Å². The number of hydrogen-bond donors (Lipinski definition) is 1. The molecule has 3 atom stereocenters. The average molecular weight is 486 g/mol. The van der Waals surface area contributed by atoms with Gasteiger partial charge in [0.15, 0.2) is 0 Å². The van der Waals surface area contributed by atoms with Gasteiger partial charge in [-0.3, -0.25) is 9.20 Å². The molecule has 3 aromatic heterocycles. The number of aromatic nitrogens is 4. The zero-order valence-electron chi connectivity index (χ0n) is 18.3. The molecule has 35 heavy (non-hydrogen) atoms. The maximum atomic E-state index is 14.4. The van der Waals surface area contributed by atoms with Crippen LogP contribution >= 0.6 is 0 Å². The normalized spacial score (nSPS) is 22.0. The Labute approximate surface area is 195 Å². The van der Waals surface area contributed by atoms with Crippen LogP contribution in [0.15, 0.2) is 36.9 Å². The number of morpholine rings is 1. The molecule has 4 heterocycles. The summed E-state index contributed by atoms with van der Waals surface area (Å²) < 4.78 is 61.9. The number of imidazole rings is 1. The van der Waals surface area contributed by atoms with Crippen molar-refractivity contribution in [3.63, 3.8) is 0 Å². The second-order valence-corrected chi connectivity index (χ2v) is 8.82. The first-order chi connectivity index (χ1) is 16.6. The van der Waals surface area contributed by atoms with Gasteiger partial charge in [-0.05, 0) is 36.2 Å². The number of pyridine rings is 1. The Morgan fingerprint density at radius 1 is 1.20 bits per heavy atom. The summed E-state index contributed by atoms with van der Waals surface area (Å²) in [6.07, 6.45) is -1.12. The number of hydrogen-bond acceptors (Lipinski definition) is 6. The van der Waals surface area contributed by atoms with Gasteiger partial charge >= 0.3 is 6.18 Å². The van der Waals surface area contributed by atoms with Gasteiger partial charge in [0.1, 0.15) is 28.4 Å². The highest BCUT2D eigenvalue weighted by atomic mass is 19.4. The number of ether oxygens (including phenoxy) is 1. The number of nitrogens with zero attached hydrogens (tertiary/aromatic N) is 5. The van der Waals surface area contributed by atoms with Crippen LogP contribution in [-0.2, 0) is 17.3 Å². The number of amides is 1. The highest BCUT2D eigenvalue weighted by Crippen LogP contribution is 2.44. The van der Waals surface area contributed by atoms with Crippen molar-refractivity contribution in [2.45, 2.75) is 37.8 Å². The topological polar surface area (TPSA) is 98.6 Å². The Morgan fingerprint density at radius 2 is 2.00 bits per heavy atom. The zero-order valence-corrected chi connectivity index (χ0v) is 18.3. The third-order valence-corrected chi connectivity index (χ3v) is 6.57. The van der Waals surface area contributed by atoms with E-state index in [1.165, 1.54) is 11.1 Å². The van der Waals surface area contributed by atoms with E-state index < -0.39 is 35.6 Å². The number of anilines is 1. The number of benzene rings is 1. The fourth-order valence-electron chi connectivity index (χ4n) is 5.11. The van der Waals surface area contributed by atoms with Gasteiger partial charge in [0.05, 0.1) is 48.1 Å². The molecule has 12 heteroatoms. The van der Waals surface area contributed by atoms with Crippen LogP contribution in [0.4, 0.5) is 23.4 Å². The number of nitrogens with two attached hydrogens (primary N) is 1. The maximum Gasteiger partial charge on any atom is 0.419 e. The lowest BCUT2D eigenvalue weighted by Crippen LogP contribution is -2.50. The van der Waals surface area contributed by atoms with Gasteiger partial charge in [-0.1, -0.05) is 0 Å². The summed E-state index contributed by atoms with van der Waals surface area (Å²) in [4.78, 5) is 27.8. The van der Waals surface area contributed by atoms with Crippen molar-refractivity contribution < 1.29 is 27.1 Å². The van der Waals surface area contributed by atoms with Crippen molar-refractivity contribution in [3.05, 3.63) is 65.1 Å². The van der Waals surface area contributed by atoms with E-state index in [9.17, 15) is 22.4 Å². The molecule has 1 aliphatic heterocycles. The second-order valence-electron chi connectivity index (χ2n) is 8.82. The summed E-state index contributed by atoms with van der Waals surface area (Å²) >= 11 is 0. The lowest BCUT2D eigenvalue weighted by Gasteiger charge is -2.41. The van der Waals surface area contributed by atoms with E-state index >= 15 is 0 Å². The van der Waals surface area contributed by atoms with Gasteiger partial charge in [0.2, 0.25) is 0 Å². The smallest absolute Gasteiger partial charge is 0.382 e.